The van der Waals surface area contributed by atoms with Crippen molar-refractivity contribution in [2.24, 2.45) is 11.8 Å². The largest absolute Gasteiger partial charge is 0.348 e. The number of nitrogens with zero attached hydrogens (tertiary/aromatic N) is 3. The van der Waals surface area contributed by atoms with Gasteiger partial charge >= 0.3 is 5.69 Å². The lowest BCUT2D eigenvalue weighted by molar-refractivity contribution is -0.133. The maximum absolute atomic E-state index is 12.6. The molecule has 6 nitrogen and oxygen atoms in total. The van der Waals surface area contributed by atoms with Crippen LogP contribution in [-0.2, 0) is 11.2 Å². The van der Waals surface area contributed by atoms with E-state index >= 15 is 0 Å². The molecular formula is C20H28N4O2S. The van der Waals surface area contributed by atoms with E-state index in [1.807, 2.05) is 17.5 Å². The van der Waals surface area contributed by atoms with E-state index in [9.17, 15) is 9.59 Å². The first-order valence-electron chi connectivity index (χ1n) is 10.2. The number of aromatic amines is 1. The van der Waals surface area contributed by atoms with E-state index in [1.165, 1.54) is 32.1 Å². The molecule has 27 heavy (non-hydrogen) atoms. The molecule has 1 amide bonds. The number of amides is 1. The first-order valence-corrected chi connectivity index (χ1v) is 11.1. The lowest BCUT2D eigenvalue weighted by atomic mass is 9.86. The second-order valence-electron chi connectivity index (χ2n) is 7.97. The number of nitrogens with one attached hydrogen (secondary N) is 1. The second kappa shape index (κ2) is 8.42. The van der Waals surface area contributed by atoms with Crippen LogP contribution in [0.5, 0.6) is 0 Å². The molecule has 0 atom stereocenters. The molecule has 1 saturated heterocycles. The van der Waals surface area contributed by atoms with Gasteiger partial charge in [0.15, 0.2) is 0 Å². The van der Waals surface area contributed by atoms with Gasteiger partial charge in [-0.1, -0.05) is 19.3 Å². The van der Waals surface area contributed by atoms with Crippen molar-refractivity contribution in [1.82, 2.24) is 19.7 Å². The van der Waals surface area contributed by atoms with Crippen LogP contribution in [0.3, 0.4) is 0 Å². The smallest absolute Gasteiger partial charge is 0.343 e. The molecule has 2 aromatic heterocycles. The van der Waals surface area contributed by atoms with Crippen LogP contribution in [0, 0.1) is 11.8 Å². The highest BCUT2D eigenvalue weighted by Gasteiger charge is 2.27. The van der Waals surface area contributed by atoms with E-state index < -0.39 is 0 Å². The molecule has 146 valence electrons. The van der Waals surface area contributed by atoms with Gasteiger partial charge in [-0.3, -0.25) is 4.79 Å². The third-order valence-electron chi connectivity index (χ3n) is 6.09. The zero-order chi connectivity index (χ0) is 18.6. The Hall–Kier alpha value is -1.89. The van der Waals surface area contributed by atoms with Gasteiger partial charge in [0.2, 0.25) is 5.91 Å². The lowest BCUT2D eigenvalue weighted by Gasteiger charge is -2.33. The Balaban J connectivity index is 1.31. The Morgan fingerprint density at radius 1 is 1.15 bits per heavy atom. The molecular weight excluding hydrogens is 360 g/mol. The van der Waals surface area contributed by atoms with Crippen LogP contribution in [0.15, 0.2) is 22.3 Å². The van der Waals surface area contributed by atoms with Crippen molar-refractivity contribution < 1.29 is 4.79 Å². The van der Waals surface area contributed by atoms with Gasteiger partial charge in [-0.2, -0.15) is 5.10 Å². The van der Waals surface area contributed by atoms with Gasteiger partial charge in [0.1, 0.15) is 10.8 Å². The van der Waals surface area contributed by atoms with Gasteiger partial charge in [0.05, 0.1) is 0 Å². The van der Waals surface area contributed by atoms with Crippen LogP contribution in [0.1, 0.15) is 57.2 Å². The van der Waals surface area contributed by atoms with Crippen LogP contribution < -0.4 is 5.69 Å². The van der Waals surface area contributed by atoms with E-state index in [4.69, 9.17) is 0 Å². The number of hydrogen-bond acceptors (Lipinski definition) is 4. The highest BCUT2D eigenvalue weighted by molar-refractivity contribution is 7.12. The Kier molecular flexibility index (Phi) is 5.76. The molecule has 1 aliphatic heterocycles. The van der Waals surface area contributed by atoms with Gasteiger partial charge in [0.25, 0.3) is 0 Å². The minimum atomic E-state index is -0.174. The van der Waals surface area contributed by atoms with Crippen molar-refractivity contribution in [2.45, 2.75) is 57.8 Å². The van der Waals surface area contributed by atoms with Crippen molar-refractivity contribution in [3.63, 3.8) is 0 Å². The summed E-state index contributed by atoms with van der Waals surface area (Å²) in [5.74, 6) is 2.22. The quantitative estimate of drug-likeness (QED) is 0.854. The van der Waals surface area contributed by atoms with Gasteiger partial charge in [-0.25, -0.2) is 14.5 Å². The average Bonchev–Trinajstić information content (AvgIpc) is 3.33. The third-order valence-corrected chi connectivity index (χ3v) is 6.95. The zero-order valence-corrected chi connectivity index (χ0v) is 16.5. The number of hydrogen-bond donors (Lipinski definition) is 1. The third kappa shape index (κ3) is 4.34. The summed E-state index contributed by atoms with van der Waals surface area (Å²) in [5, 5.41) is 9.71. The summed E-state index contributed by atoms with van der Waals surface area (Å²) >= 11 is 1.54. The molecule has 0 unspecified atom stereocenters. The van der Waals surface area contributed by atoms with Gasteiger partial charge < -0.3 is 4.90 Å². The summed E-state index contributed by atoms with van der Waals surface area (Å²) < 4.78 is 1.69. The standard InChI is InChI=1S/C20H28N4O2S/c25-18(14-15-5-2-1-3-6-15)23-10-8-16(9-11-23)13-17-21-22-20(26)24(17)19-7-4-12-27-19/h4,7,12,15-16H,1-3,5-6,8-11,13-14H2,(H,22,26). The molecule has 1 N–H and O–H groups in total. The summed E-state index contributed by atoms with van der Waals surface area (Å²) in [6.45, 7) is 1.67. The Morgan fingerprint density at radius 3 is 2.63 bits per heavy atom. The highest BCUT2D eigenvalue weighted by atomic mass is 32.1. The number of aromatic nitrogens is 3. The molecule has 3 heterocycles. The number of rotatable bonds is 5. The number of carbonyl (C=O) groups excluding carboxylic acids is 1. The van der Waals surface area contributed by atoms with Gasteiger partial charge in [-0.15, -0.1) is 11.3 Å². The van der Waals surface area contributed by atoms with Crippen molar-refractivity contribution in [3.8, 4) is 5.00 Å². The second-order valence-corrected chi connectivity index (χ2v) is 8.89. The number of H-pyrrole nitrogens is 1. The molecule has 4 rings (SSSR count). The maximum atomic E-state index is 12.6. The number of likely N-dealkylation sites (tertiary alicyclic amines) is 1. The lowest BCUT2D eigenvalue weighted by Crippen LogP contribution is -2.40. The fraction of sp³-hybridized carbons (Fsp3) is 0.650. The predicted octanol–water partition coefficient (Wildman–Crippen LogP) is 3.37. The number of thiophene rings is 1. The molecule has 1 saturated carbocycles. The number of piperidine rings is 1. The van der Waals surface area contributed by atoms with Crippen LogP contribution in [0.25, 0.3) is 5.00 Å². The molecule has 7 heteroatoms. The van der Waals surface area contributed by atoms with Crippen molar-refractivity contribution in [2.75, 3.05) is 13.1 Å². The van der Waals surface area contributed by atoms with Gasteiger partial charge in [-0.05, 0) is 55.0 Å². The van der Waals surface area contributed by atoms with Crippen LogP contribution in [0.2, 0.25) is 0 Å². The van der Waals surface area contributed by atoms with Crippen LogP contribution in [-0.4, -0.2) is 38.7 Å². The Labute approximate surface area is 163 Å². The molecule has 1 aliphatic carbocycles. The fourth-order valence-electron chi connectivity index (χ4n) is 4.50. The Morgan fingerprint density at radius 2 is 1.93 bits per heavy atom. The minimum Gasteiger partial charge on any atom is -0.343 e. The molecule has 0 bridgehead atoms. The van der Waals surface area contributed by atoms with Crippen molar-refractivity contribution >= 4 is 17.2 Å². The van der Waals surface area contributed by atoms with Crippen molar-refractivity contribution in [3.05, 3.63) is 33.8 Å². The summed E-state index contributed by atoms with van der Waals surface area (Å²) in [7, 11) is 0. The van der Waals surface area contributed by atoms with E-state index in [-0.39, 0.29) is 5.69 Å². The minimum absolute atomic E-state index is 0.174. The topological polar surface area (TPSA) is 71.0 Å². The summed E-state index contributed by atoms with van der Waals surface area (Å²) in [5.41, 5.74) is -0.174. The first kappa shape index (κ1) is 18.5. The molecule has 2 aliphatic rings. The summed E-state index contributed by atoms with van der Waals surface area (Å²) in [4.78, 5) is 26.8. The maximum Gasteiger partial charge on any atom is 0.348 e. The van der Waals surface area contributed by atoms with E-state index in [0.717, 1.165) is 49.6 Å². The SMILES string of the molecule is O=C(CC1CCCCC1)N1CCC(Cc2n[nH]c(=O)n2-c2cccs2)CC1. The normalized spacial score (nSPS) is 19.5. The zero-order valence-electron chi connectivity index (χ0n) is 15.7. The summed E-state index contributed by atoms with van der Waals surface area (Å²) in [6.07, 6.45) is 9.85. The van der Waals surface area contributed by atoms with Gasteiger partial charge in [0, 0.05) is 25.9 Å². The first-order chi connectivity index (χ1) is 13.2. The van der Waals surface area contributed by atoms with Crippen LogP contribution >= 0.6 is 11.3 Å². The van der Waals surface area contributed by atoms with Crippen molar-refractivity contribution in [1.29, 1.82) is 0 Å². The van der Waals surface area contributed by atoms with E-state index in [1.54, 1.807) is 15.9 Å². The van der Waals surface area contributed by atoms with E-state index in [0.29, 0.717) is 17.7 Å². The molecule has 2 aromatic rings. The monoisotopic (exact) mass is 388 g/mol. The molecule has 0 radical (unpaired) electrons. The van der Waals surface area contributed by atoms with Crippen LogP contribution in [0.4, 0.5) is 0 Å². The Bertz CT molecular complexity index is 796. The average molecular weight is 389 g/mol. The van der Waals surface area contributed by atoms with E-state index in [2.05, 4.69) is 15.1 Å². The molecule has 0 aromatic carbocycles. The fourth-order valence-corrected chi connectivity index (χ4v) is 5.25. The predicted molar refractivity (Wildman–Crippen MR) is 106 cm³/mol. The number of carbonyl (C=O) groups is 1. The molecule has 0 spiro atoms. The highest BCUT2D eigenvalue weighted by Crippen LogP contribution is 2.28. The molecule has 2 fully saturated rings. The summed E-state index contributed by atoms with van der Waals surface area (Å²) in [6, 6.07) is 3.89.